The maximum atomic E-state index is 3.47. The summed E-state index contributed by atoms with van der Waals surface area (Å²) in [5.41, 5.74) is 2.94. The molecule has 0 aliphatic heterocycles. The van der Waals surface area contributed by atoms with E-state index >= 15 is 0 Å². The van der Waals surface area contributed by atoms with Crippen molar-refractivity contribution in [3.05, 3.63) is 35.4 Å². The molecule has 0 saturated heterocycles. The molecule has 1 N–H and O–H groups in total. The van der Waals surface area contributed by atoms with Gasteiger partial charge in [-0.05, 0) is 42.9 Å². The fraction of sp³-hybridized carbons (Fsp3) is 0.667. The molecular formula is C18H31N. The number of nitrogens with one attached hydrogen (secondary N) is 1. The Kier molecular flexibility index (Phi) is 7.81. The van der Waals surface area contributed by atoms with E-state index in [1.54, 1.807) is 0 Å². The second-order valence-corrected chi connectivity index (χ2v) is 6.17. The van der Waals surface area contributed by atoms with Crippen LogP contribution >= 0.6 is 0 Å². The van der Waals surface area contributed by atoms with Crippen LogP contribution in [0.1, 0.15) is 70.4 Å². The van der Waals surface area contributed by atoms with Crippen LogP contribution in [-0.4, -0.2) is 12.6 Å². The van der Waals surface area contributed by atoms with E-state index in [0.717, 1.165) is 0 Å². The first kappa shape index (κ1) is 16.2. The van der Waals surface area contributed by atoms with Gasteiger partial charge in [0.25, 0.3) is 0 Å². The van der Waals surface area contributed by atoms with Gasteiger partial charge in [0, 0.05) is 6.04 Å². The zero-order chi connectivity index (χ0) is 14.1. The highest BCUT2D eigenvalue weighted by Gasteiger charge is 1.99. The van der Waals surface area contributed by atoms with Crippen LogP contribution in [0.5, 0.6) is 0 Å². The SMILES string of the molecule is CC(C)NCCCCCCc1ccc(C(C)C)cc1. The molecule has 0 saturated carbocycles. The maximum absolute atomic E-state index is 3.47. The highest BCUT2D eigenvalue weighted by molar-refractivity contribution is 5.24. The second-order valence-electron chi connectivity index (χ2n) is 6.17. The van der Waals surface area contributed by atoms with Gasteiger partial charge in [0.1, 0.15) is 0 Å². The summed E-state index contributed by atoms with van der Waals surface area (Å²) in [7, 11) is 0. The van der Waals surface area contributed by atoms with E-state index in [2.05, 4.69) is 57.3 Å². The first-order valence-corrected chi connectivity index (χ1v) is 7.92. The summed E-state index contributed by atoms with van der Waals surface area (Å²) >= 11 is 0. The Morgan fingerprint density at radius 1 is 0.842 bits per heavy atom. The van der Waals surface area contributed by atoms with Gasteiger partial charge in [-0.3, -0.25) is 0 Å². The van der Waals surface area contributed by atoms with Crippen LogP contribution in [0, 0.1) is 0 Å². The molecule has 1 nitrogen and oxygen atoms in total. The molecular weight excluding hydrogens is 230 g/mol. The van der Waals surface area contributed by atoms with Crippen molar-refractivity contribution in [3.63, 3.8) is 0 Å². The molecule has 1 heteroatoms. The molecule has 0 bridgehead atoms. The molecule has 0 aliphatic rings. The molecule has 1 aromatic carbocycles. The predicted molar refractivity (Wildman–Crippen MR) is 85.8 cm³/mol. The molecule has 19 heavy (non-hydrogen) atoms. The van der Waals surface area contributed by atoms with Crippen molar-refractivity contribution in [2.24, 2.45) is 0 Å². The van der Waals surface area contributed by atoms with Crippen LogP contribution in [0.3, 0.4) is 0 Å². The quantitative estimate of drug-likeness (QED) is 0.623. The Hall–Kier alpha value is -0.820. The minimum absolute atomic E-state index is 0.625. The monoisotopic (exact) mass is 261 g/mol. The van der Waals surface area contributed by atoms with Crippen molar-refractivity contribution in [1.82, 2.24) is 5.32 Å². The number of unbranched alkanes of at least 4 members (excludes halogenated alkanes) is 3. The van der Waals surface area contributed by atoms with Gasteiger partial charge in [-0.25, -0.2) is 0 Å². The molecule has 1 rings (SSSR count). The average Bonchev–Trinajstić information content (AvgIpc) is 2.38. The van der Waals surface area contributed by atoms with Crippen molar-refractivity contribution >= 4 is 0 Å². The smallest absolute Gasteiger partial charge is 0.00103 e. The third kappa shape index (κ3) is 7.37. The Morgan fingerprint density at radius 2 is 1.47 bits per heavy atom. The molecule has 0 radical (unpaired) electrons. The summed E-state index contributed by atoms with van der Waals surface area (Å²) in [5, 5.41) is 3.47. The van der Waals surface area contributed by atoms with Gasteiger partial charge in [0.2, 0.25) is 0 Å². The molecule has 108 valence electrons. The van der Waals surface area contributed by atoms with E-state index in [1.165, 1.54) is 49.8 Å². The second kappa shape index (κ2) is 9.14. The standard InChI is InChI=1S/C18H31N/c1-15(2)18-12-10-17(11-13-18)9-7-5-6-8-14-19-16(3)4/h10-13,15-16,19H,5-9,14H2,1-4H3. The summed E-state index contributed by atoms with van der Waals surface area (Å²) < 4.78 is 0. The zero-order valence-electron chi connectivity index (χ0n) is 13.2. The molecule has 0 atom stereocenters. The summed E-state index contributed by atoms with van der Waals surface area (Å²) in [6, 6.07) is 9.80. The highest BCUT2D eigenvalue weighted by atomic mass is 14.9. The summed E-state index contributed by atoms with van der Waals surface area (Å²) in [4.78, 5) is 0. The highest BCUT2D eigenvalue weighted by Crippen LogP contribution is 2.16. The fourth-order valence-corrected chi connectivity index (χ4v) is 2.27. The van der Waals surface area contributed by atoms with Gasteiger partial charge in [0.15, 0.2) is 0 Å². The lowest BCUT2D eigenvalue weighted by atomic mass is 9.99. The molecule has 0 fully saturated rings. The molecule has 1 aromatic rings. The molecule has 0 spiro atoms. The van der Waals surface area contributed by atoms with Crippen LogP contribution in [0.25, 0.3) is 0 Å². The molecule has 0 heterocycles. The Balaban J connectivity index is 2.09. The topological polar surface area (TPSA) is 12.0 Å². The van der Waals surface area contributed by atoms with E-state index in [-0.39, 0.29) is 0 Å². The van der Waals surface area contributed by atoms with Gasteiger partial charge in [-0.15, -0.1) is 0 Å². The Bertz CT molecular complexity index is 324. The van der Waals surface area contributed by atoms with Crippen molar-refractivity contribution in [2.45, 2.75) is 71.8 Å². The van der Waals surface area contributed by atoms with Crippen molar-refractivity contribution < 1.29 is 0 Å². The Morgan fingerprint density at radius 3 is 2.05 bits per heavy atom. The molecule has 0 aliphatic carbocycles. The third-order valence-corrected chi connectivity index (χ3v) is 3.59. The lowest BCUT2D eigenvalue weighted by Gasteiger charge is -2.08. The minimum Gasteiger partial charge on any atom is -0.315 e. The van der Waals surface area contributed by atoms with Gasteiger partial charge >= 0.3 is 0 Å². The zero-order valence-corrected chi connectivity index (χ0v) is 13.2. The number of benzene rings is 1. The average molecular weight is 261 g/mol. The molecule has 0 amide bonds. The largest absolute Gasteiger partial charge is 0.315 e. The van der Waals surface area contributed by atoms with Crippen LogP contribution < -0.4 is 5.32 Å². The summed E-state index contributed by atoms with van der Waals surface area (Å²) in [6.07, 6.45) is 6.57. The van der Waals surface area contributed by atoms with Crippen LogP contribution in [0.4, 0.5) is 0 Å². The van der Waals surface area contributed by atoms with Crippen molar-refractivity contribution in [2.75, 3.05) is 6.54 Å². The van der Waals surface area contributed by atoms with E-state index in [1.807, 2.05) is 0 Å². The minimum atomic E-state index is 0.625. The van der Waals surface area contributed by atoms with Gasteiger partial charge < -0.3 is 5.32 Å². The predicted octanol–water partition coefficient (Wildman–Crippen LogP) is 4.91. The van der Waals surface area contributed by atoms with Crippen LogP contribution in [0.2, 0.25) is 0 Å². The normalized spacial score (nSPS) is 11.5. The van der Waals surface area contributed by atoms with E-state index in [4.69, 9.17) is 0 Å². The first-order chi connectivity index (χ1) is 9.09. The van der Waals surface area contributed by atoms with E-state index in [9.17, 15) is 0 Å². The Labute approximate surface area is 119 Å². The number of aryl methyl sites for hydroxylation is 1. The number of rotatable bonds is 9. The molecule has 0 unspecified atom stereocenters. The number of hydrogen-bond acceptors (Lipinski definition) is 1. The van der Waals surface area contributed by atoms with E-state index < -0.39 is 0 Å². The van der Waals surface area contributed by atoms with Gasteiger partial charge in [0.05, 0.1) is 0 Å². The first-order valence-electron chi connectivity index (χ1n) is 7.92. The lowest BCUT2D eigenvalue weighted by Crippen LogP contribution is -2.23. The van der Waals surface area contributed by atoms with Crippen molar-refractivity contribution in [1.29, 1.82) is 0 Å². The van der Waals surface area contributed by atoms with Gasteiger partial charge in [-0.2, -0.15) is 0 Å². The molecule has 0 aromatic heterocycles. The summed E-state index contributed by atoms with van der Waals surface area (Å²) in [5.74, 6) is 0.641. The lowest BCUT2D eigenvalue weighted by molar-refractivity contribution is 0.542. The van der Waals surface area contributed by atoms with Crippen LogP contribution in [0.15, 0.2) is 24.3 Å². The van der Waals surface area contributed by atoms with Gasteiger partial charge in [-0.1, -0.05) is 64.8 Å². The van der Waals surface area contributed by atoms with Crippen LogP contribution in [-0.2, 0) is 6.42 Å². The summed E-state index contributed by atoms with van der Waals surface area (Å²) in [6.45, 7) is 10.1. The van der Waals surface area contributed by atoms with E-state index in [0.29, 0.717) is 12.0 Å². The maximum Gasteiger partial charge on any atom is 0.00103 e. The fourth-order valence-electron chi connectivity index (χ4n) is 2.27. The van der Waals surface area contributed by atoms with Crippen molar-refractivity contribution in [3.8, 4) is 0 Å². The third-order valence-electron chi connectivity index (χ3n) is 3.59. The number of hydrogen-bond donors (Lipinski definition) is 1.